The van der Waals surface area contributed by atoms with Gasteiger partial charge in [-0.2, -0.15) is 0 Å². The summed E-state index contributed by atoms with van der Waals surface area (Å²) in [5, 5.41) is 51.9. The Labute approximate surface area is 178 Å². The Balaban J connectivity index is 1.69. The van der Waals surface area contributed by atoms with Crippen LogP contribution < -0.4 is 5.56 Å². The molecular formula is C23H25NO7. The fraction of sp³-hybridized carbons (Fsp3) is 0.348. The molecule has 0 amide bonds. The third-order valence-electron chi connectivity index (χ3n) is 5.96. The van der Waals surface area contributed by atoms with Gasteiger partial charge in [-0.25, -0.2) is 0 Å². The molecule has 1 saturated heterocycles. The molecule has 0 saturated carbocycles. The van der Waals surface area contributed by atoms with Crippen molar-refractivity contribution in [2.45, 2.75) is 43.5 Å². The van der Waals surface area contributed by atoms with Gasteiger partial charge < -0.3 is 35.3 Å². The van der Waals surface area contributed by atoms with E-state index in [9.17, 15) is 30.3 Å². The van der Waals surface area contributed by atoms with E-state index in [0.717, 1.165) is 16.5 Å². The summed E-state index contributed by atoms with van der Waals surface area (Å²) in [5.41, 5.74) is 2.72. The zero-order valence-corrected chi connectivity index (χ0v) is 16.8. The molecule has 0 unspecified atom stereocenters. The molecule has 4 rings (SSSR count). The molecule has 1 aromatic heterocycles. The standard InChI is InChI=1S/C23H25NO7/c1-11-9-12(14-3-2-4-16-15(14)7-8-24-23(16)30)5-6-13(11)18(26)22-21(29)20(28)19(27)17(10-25)31-22/h2-9,17-22,25-29H,10H2,1H3,(H,24,30)/t17-,18-,19-,20+,21+,22-/m1/s1. The summed E-state index contributed by atoms with van der Waals surface area (Å²) in [6, 6.07) is 12.6. The number of aliphatic hydroxyl groups is 5. The number of aryl methyl sites for hydroxylation is 1. The van der Waals surface area contributed by atoms with Gasteiger partial charge in [-0.3, -0.25) is 4.79 Å². The minimum absolute atomic E-state index is 0.175. The summed E-state index contributed by atoms with van der Waals surface area (Å²) in [5.74, 6) is 0. The first-order valence-corrected chi connectivity index (χ1v) is 10.0. The lowest BCUT2D eigenvalue weighted by atomic mass is 9.87. The second-order valence-electron chi connectivity index (χ2n) is 7.88. The van der Waals surface area contributed by atoms with Crippen molar-refractivity contribution in [3.63, 3.8) is 0 Å². The molecule has 1 aliphatic rings. The van der Waals surface area contributed by atoms with Gasteiger partial charge in [-0.1, -0.05) is 30.3 Å². The topological polar surface area (TPSA) is 143 Å². The number of aliphatic hydroxyl groups excluding tert-OH is 5. The minimum atomic E-state index is -1.56. The highest BCUT2D eigenvalue weighted by molar-refractivity contribution is 5.96. The Bertz CT molecular complexity index is 1140. The van der Waals surface area contributed by atoms with Crippen LogP contribution in [0.15, 0.2) is 53.5 Å². The third kappa shape index (κ3) is 3.78. The van der Waals surface area contributed by atoms with E-state index < -0.39 is 43.2 Å². The Morgan fingerprint density at radius 2 is 1.81 bits per heavy atom. The lowest BCUT2D eigenvalue weighted by molar-refractivity contribution is -0.250. The Morgan fingerprint density at radius 3 is 2.52 bits per heavy atom. The quantitative estimate of drug-likeness (QED) is 0.353. The first kappa shape index (κ1) is 21.6. The van der Waals surface area contributed by atoms with Crippen LogP contribution in [0.2, 0.25) is 0 Å². The number of hydrogen-bond donors (Lipinski definition) is 6. The van der Waals surface area contributed by atoms with E-state index >= 15 is 0 Å². The Hall–Kier alpha value is -2.59. The van der Waals surface area contributed by atoms with Crippen molar-refractivity contribution in [1.29, 1.82) is 0 Å². The Kier molecular flexibility index (Phi) is 5.94. The number of aromatic nitrogens is 1. The van der Waals surface area contributed by atoms with Crippen molar-refractivity contribution in [3.8, 4) is 11.1 Å². The van der Waals surface area contributed by atoms with Crippen molar-refractivity contribution in [2.75, 3.05) is 6.61 Å². The van der Waals surface area contributed by atoms with Gasteiger partial charge in [0.05, 0.1) is 6.61 Å². The van der Waals surface area contributed by atoms with Gasteiger partial charge in [-0.15, -0.1) is 0 Å². The highest BCUT2D eigenvalue weighted by Crippen LogP contribution is 2.34. The largest absolute Gasteiger partial charge is 0.394 e. The number of ether oxygens (including phenoxy) is 1. The van der Waals surface area contributed by atoms with E-state index in [4.69, 9.17) is 4.74 Å². The van der Waals surface area contributed by atoms with Crippen molar-refractivity contribution < 1.29 is 30.3 Å². The number of rotatable bonds is 4. The maximum absolute atomic E-state index is 12.1. The molecule has 0 radical (unpaired) electrons. The van der Waals surface area contributed by atoms with Crippen molar-refractivity contribution >= 4 is 10.8 Å². The van der Waals surface area contributed by atoms with Crippen molar-refractivity contribution in [3.05, 3.63) is 70.1 Å². The lowest BCUT2D eigenvalue weighted by Gasteiger charge is -2.42. The Morgan fingerprint density at radius 1 is 1.03 bits per heavy atom. The van der Waals surface area contributed by atoms with E-state index in [1.807, 2.05) is 18.2 Å². The van der Waals surface area contributed by atoms with Gasteiger partial charge in [0, 0.05) is 11.6 Å². The molecule has 1 fully saturated rings. The molecule has 0 aliphatic carbocycles. The van der Waals surface area contributed by atoms with Crippen LogP contribution in [0.3, 0.4) is 0 Å². The summed E-state index contributed by atoms with van der Waals surface area (Å²) in [4.78, 5) is 14.8. The first-order valence-electron chi connectivity index (χ1n) is 10.0. The van der Waals surface area contributed by atoms with Crippen LogP contribution in [-0.2, 0) is 4.74 Å². The number of pyridine rings is 1. The number of aromatic amines is 1. The third-order valence-corrected chi connectivity index (χ3v) is 5.96. The summed E-state index contributed by atoms with van der Waals surface area (Å²) >= 11 is 0. The van der Waals surface area contributed by atoms with E-state index in [1.54, 1.807) is 37.4 Å². The van der Waals surface area contributed by atoms with Crippen LogP contribution in [-0.4, -0.2) is 67.6 Å². The SMILES string of the molecule is Cc1cc(-c2cccc3c(=O)[nH]ccc23)ccc1[C@@H](O)[C@H]1O[C@H](CO)[C@@H](O)[C@H](O)[C@@H]1O. The summed E-state index contributed by atoms with van der Waals surface area (Å²) in [6.45, 7) is 1.23. The molecule has 3 aromatic rings. The molecule has 0 bridgehead atoms. The van der Waals surface area contributed by atoms with E-state index in [-0.39, 0.29) is 5.56 Å². The van der Waals surface area contributed by atoms with Gasteiger partial charge in [-0.05, 0) is 46.7 Å². The zero-order valence-electron chi connectivity index (χ0n) is 16.8. The van der Waals surface area contributed by atoms with Crippen LogP contribution >= 0.6 is 0 Å². The number of nitrogens with one attached hydrogen (secondary N) is 1. The summed E-state index contributed by atoms with van der Waals surface area (Å²) in [7, 11) is 0. The molecule has 1 aliphatic heterocycles. The monoisotopic (exact) mass is 427 g/mol. The average molecular weight is 427 g/mol. The minimum Gasteiger partial charge on any atom is -0.394 e. The molecule has 8 nitrogen and oxygen atoms in total. The van der Waals surface area contributed by atoms with Crippen LogP contribution in [0.1, 0.15) is 17.2 Å². The highest BCUT2D eigenvalue weighted by Gasteiger charge is 2.46. The second-order valence-corrected chi connectivity index (χ2v) is 7.88. The fourth-order valence-corrected chi connectivity index (χ4v) is 4.22. The molecule has 0 spiro atoms. The van der Waals surface area contributed by atoms with Gasteiger partial charge >= 0.3 is 0 Å². The average Bonchev–Trinajstić information content (AvgIpc) is 2.77. The number of benzene rings is 2. The molecule has 8 heteroatoms. The summed E-state index contributed by atoms with van der Waals surface area (Å²) in [6.07, 6.45) is -6.59. The summed E-state index contributed by atoms with van der Waals surface area (Å²) < 4.78 is 5.49. The van der Waals surface area contributed by atoms with E-state index in [1.165, 1.54) is 0 Å². The fourth-order valence-electron chi connectivity index (χ4n) is 4.22. The smallest absolute Gasteiger partial charge is 0.255 e. The second kappa shape index (κ2) is 8.51. The van der Waals surface area contributed by atoms with E-state index in [0.29, 0.717) is 16.5 Å². The molecule has 2 aromatic carbocycles. The molecule has 31 heavy (non-hydrogen) atoms. The molecular weight excluding hydrogens is 402 g/mol. The molecule has 6 N–H and O–H groups in total. The van der Waals surface area contributed by atoms with Crippen LogP contribution in [0.4, 0.5) is 0 Å². The normalized spacial score (nSPS) is 27.4. The van der Waals surface area contributed by atoms with Gasteiger partial charge in [0.15, 0.2) is 0 Å². The molecule has 6 atom stereocenters. The van der Waals surface area contributed by atoms with Crippen LogP contribution in [0.5, 0.6) is 0 Å². The van der Waals surface area contributed by atoms with Gasteiger partial charge in [0.1, 0.15) is 36.6 Å². The predicted molar refractivity (Wildman–Crippen MR) is 113 cm³/mol. The predicted octanol–water partition coefficient (Wildman–Crippen LogP) is 0.379. The number of H-pyrrole nitrogens is 1. The van der Waals surface area contributed by atoms with E-state index in [2.05, 4.69) is 4.98 Å². The number of fused-ring (bicyclic) bond motifs is 1. The van der Waals surface area contributed by atoms with Crippen LogP contribution in [0, 0.1) is 6.92 Å². The van der Waals surface area contributed by atoms with Gasteiger partial charge in [0.2, 0.25) is 0 Å². The molecule has 2 heterocycles. The maximum Gasteiger partial charge on any atom is 0.255 e. The molecule has 164 valence electrons. The van der Waals surface area contributed by atoms with Crippen molar-refractivity contribution in [2.24, 2.45) is 0 Å². The van der Waals surface area contributed by atoms with Crippen LogP contribution in [0.25, 0.3) is 21.9 Å². The zero-order chi connectivity index (χ0) is 22.3. The van der Waals surface area contributed by atoms with Gasteiger partial charge in [0.25, 0.3) is 5.56 Å². The number of hydrogen-bond acceptors (Lipinski definition) is 7. The maximum atomic E-state index is 12.1. The van der Waals surface area contributed by atoms with Crippen molar-refractivity contribution in [1.82, 2.24) is 4.98 Å². The first-order chi connectivity index (χ1) is 14.8. The lowest BCUT2D eigenvalue weighted by Crippen LogP contribution is -2.59. The highest BCUT2D eigenvalue weighted by atomic mass is 16.6.